The number of anilines is 1. The standard InChI is InChI=1S/C17H18N4O3/c18-17(24-16-4-2-1-3-5-16)20-12-10-19(11-13-20)14-6-8-15(9-7-14)21(22)23/h1-9,18H,10-13H2. The summed E-state index contributed by atoms with van der Waals surface area (Å²) in [7, 11) is 0. The van der Waals surface area contributed by atoms with E-state index in [0.717, 1.165) is 18.8 Å². The molecule has 0 radical (unpaired) electrons. The van der Waals surface area contributed by atoms with Gasteiger partial charge >= 0.3 is 0 Å². The van der Waals surface area contributed by atoms with Crippen molar-refractivity contribution in [2.45, 2.75) is 0 Å². The van der Waals surface area contributed by atoms with Gasteiger partial charge in [0.05, 0.1) is 4.92 Å². The van der Waals surface area contributed by atoms with Crippen molar-refractivity contribution in [3.63, 3.8) is 0 Å². The van der Waals surface area contributed by atoms with Crippen molar-refractivity contribution in [1.82, 2.24) is 4.90 Å². The zero-order valence-corrected chi connectivity index (χ0v) is 13.1. The Kier molecular flexibility index (Phi) is 4.60. The lowest BCUT2D eigenvalue weighted by molar-refractivity contribution is -0.384. The summed E-state index contributed by atoms with van der Waals surface area (Å²) < 4.78 is 5.55. The van der Waals surface area contributed by atoms with Crippen molar-refractivity contribution in [2.75, 3.05) is 31.1 Å². The molecule has 0 unspecified atom stereocenters. The molecule has 1 saturated heterocycles. The normalized spacial score (nSPS) is 14.3. The van der Waals surface area contributed by atoms with Gasteiger partial charge < -0.3 is 14.5 Å². The molecule has 24 heavy (non-hydrogen) atoms. The predicted octanol–water partition coefficient (Wildman–Crippen LogP) is 2.73. The number of non-ortho nitro benzene ring substituents is 1. The molecule has 7 heteroatoms. The molecule has 2 aromatic carbocycles. The van der Waals surface area contributed by atoms with E-state index >= 15 is 0 Å². The second-order valence-corrected chi connectivity index (χ2v) is 5.47. The average molecular weight is 326 g/mol. The topological polar surface area (TPSA) is 82.7 Å². The van der Waals surface area contributed by atoms with E-state index in [0.29, 0.717) is 18.8 Å². The van der Waals surface area contributed by atoms with Crippen molar-refractivity contribution in [3.05, 3.63) is 64.7 Å². The second kappa shape index (κ2) is 6.99. The number of nitro groups is 1. The molecule has 2 aromatic rings. The molecule has 0 aromatic heterocycles. The third-order valence-corrected chi connectivity index (χ3v) is 3.95. The van der Waals surface area contributed by atoms with E-state index in [2.05, 4.69) is 4.90 Å². The molecule has 1 aliphatic rings. The van der Waals surface area contributed by atoms with Crippen molar-refractivity contribution in [1.29, 1.82) is 5.41 Å². The second-order valence-electron chi connectivity index (χ2n) is 5.47. The minimum absolute atomic E-state index is 0.0930. The number of hydrogen-bond acceptors (Lipinski definition) is 5. The quantitative estimate of drug-likeness (QED) is 0.406. The molecule has 0 spiro atoms. The first kappa shape index (κ1) is 15.8. The van der Waals surface area contributed by atoms with Crippen LogP contribution in [0, 0.1) is 15.5 Å². The SMILES string of the molecule is N=C(Oc1ccccc1)N1CCN(c2ccc([N+](=O)[O-])cc2)CC1. The summed E-state index contributed by atoms with van der Waals surface area (Å²) in [4.78, 5) is 14.3. The van der Waals surface area contributed by atoms with Gasteiger partial charge in [-0.1, -0.05) is 18.2 Å². The van der Waals surface area contributed by atoms with Crippen LogP contribution < -0.4 is 9.64 Å². The number of ether oxygens (including phenoxy) is 1. The first-order valence-corrected chi connectivity index (χ1v) is 7.69. The highest BCUT2D eigenvalue weighted by Gasteiger charge is 2.21. The van der Waals surface area contributed by atoms with E-state index in [4.69, 9.17) is 10.1 Å². The molecule has 124 valence electrons. The molecule has 1 N–H and O–H groups in total. The van der Waals surface area contributed by atoms with Crippen molar-refractivity contribution in [2.24, 2.45) is 0 Å². The predicted molar refractivity (Wildman–Crippen MR) is 91.7 cm³/mol. The fourth-order valence-electron chi connectivity index (χ4n) is 2.62. The molecule has 1 heterocycles. The first-order valence-electron chi connectivity index (χ1n) is 7.69. The highest BCUT2D eigenvalue weighted by atomic mass is 16.6. The largest absolute Gasteiger partial charge is 0.426 e. The minimum atomic E-state index is -0.399. The molecule has 0 bridgehead atoms. The molecule has 0 saturated carbocycles. The van der Waals surface area contributed by atoms with E-state index in [1.807, 2.05) is 35.2 Å². The molecular weight excluding hydrogens is 308 g/mol. The van der Waals surface area contributed by atoms with Crippen LogP contribution in [-0.2, 0) is 0 Å². The van der Waals surface area contributed by atoms with Gasteiger partial charge in [-0.3, -0.25) is 15.5 Å². The number of nitrogens with zero attached hydrogens (tertiary/aromatic N) is 3. The van der Waals surface area contributed by atoms with Crippen LogP contribution in [0.2, 0.25) is 0 Å². The molecule has 1 fully saturated rings. The number of rotatable bonds is 3. The van der Waals surface area contributed by atoms with Crippen LogP contribution in [0.4, 0.5) is 11.4 Å². The first-order chi connectivity index (χ1) is 11.6. The Balaban J connectivity index is 1.55. The van der Waals surface area contributed by atoms with Crippen LogP contribution in [0.1, 0.15) is 0 Å². The number of para-hydroxylation sites is 1. The summed E-state index contributed by atoms with van der Waals surface area (Å²) >= 11 is 0. The van der Waals surface area contributed by atoms with Gasteiger partial charge in [-0.05, 0) is 24.3 Å². The lowest BCUT2D eigenvalue weighted by atomic mass is 10.2. The Morgan fingerprint density at radius 1 is 1.00 bits per heavy atom. The van der Waals surface area contributed by atoms with E-state index < -0.39 is 4.92 Å². The molecule has 0 atom stereocenters. The van der Waals surface area contributed by atoms with Gasteiger partial charge in [-0.25, -0.2) is 0 Å². The molecule has 3 rings (SSSR count). The Morgan fingerprint density at radius 3 is 2.21 bits per heavy atom. The Hall–Kier alpha value is -3.09. The summed E-state index contributed by atoms with van der Waals surface area (Å²) in [6.07, 6.45) is 0. The smallest absolute Gasteiger partial charge is 0.290 e. The average Bonchev–Trinajstić information content (AvgIpc) is 2.63. The molecule has 0 amide bonds. The fourth-order valence-corrected chi connectivity index (χ4v) is 2.62. The molecule has 1 aliphatic heterocycles. The highest BCUT2D eigenvalue weighted by Crippen LogP contribution is 2.21. The third-order valence-electron chi connectivity index (χ3n) is 3.95. The van der Waals surface area contributed by atoms with Gasteiger partial charge in [0.15, 0.2) is 0 Å². The third kappa shape index (κ3) is 3.62. The Morgan fingerprint density at radius 2 is 1.62 bits per heavy atom. The van der Waals surface area contributed by atoms with Crippen LogP contribution in [0.3, 0.4) is 0 Å². The van der Waals surface area contributed by atoms with E-state index in [1.165, 1.54) is 12.1 Å². The number of nitrogens with one attached hydrogen (secondary N) is 1. The van der Waals surface area contributed by atoms with Crippen LogP contribution in [0.5, 0.6) is 5.75 Å². The maximum Gasteiger partial charge on any atom is 0.290 e. The molecule has 0 aliphatic carbocycles. The lowest BCUT2D eigenvalue weighted by Gasteiger charge is -2.36. The maximum atomic E-state index is 10.7. The lowest BCUT2D eigenvalue weighted by Crippen LogP contribution is -2.49. The van der Waals surface area contributed by atoms with Gasteiger partial charge in [0.25, 0.3) is 11.7 Å². The van der Waals surface area contributed by atoms with Gasteiger partial charge in [-0.15, -0.1) is 0 Å². The highest BCUT2D eigenvalue weighted by molar-refractivity contribution is 5.73. The Labute approximate surface area is 139 Å². The number of nitro benzene ring substituents is 1. The van der Waals surface area contributed by atoms with Crippen LogP contribution in [-0.4, -0.2) is 42.0 Å². The number of benzene rings is 2. The summed E-state index contributed by atoms with van der Waals surface area (Å²) in [5.74, 6) is 0.653. The monoisotopic (exact) mass is 326 g/mol. The van der Waals surface area contributed by atoms with Gasteiger partial charge in [0.1, 0.15) is 5.75 Å². The van der Waals surface area contributed by atoms with Crippen molar-refractivity contribution < 1.29 is 9.66 Å². The van der Waals surface area contributed by atoms with E-state index in [9.17, 15) is 10.1 Å². The zero-order valence-electron chi connectivity index (χ0n) is 13.1. The number of amidine groups is 1. The van der Waals surface area contributed by atoms with Gasteiger partial charge in [0.2, 0.25) is 0 Å². The van der Waals surface area contributed by atoms with Crippen LogP contribution >= 0.6 is 0 Å². The van der Waals surface area contributed by atoms with Gasteiger partial charge in [0, 0.05) is 44.0 Å². The molecule has 7 nitrogen and oxygen atoms in total. The van der Waals surface area contributed by atoms with Crippen LogP contribution in [0.25, 0.3) is 0 Å². The van der Waals surface area contributed by atoms with Crippen molar-refractivity contribution in [3.8, 4) is 5.75 Å². The summed E-state index contributed by atoms with van der Waals surface area (Å²) in [6, 6.07) is 16.0. The van der Waals surface area contributed by atoms with E-state index in [-0.39, 0.29) is 11.7 Å². The summed E-state index contributed by atoms with van der Waals surface area (Å²) in [5, 5.41) is 18.8. The van der Waals surface area contributed by atoms with Gasteiger partial charge in [-0.2, -0.15) is 0 Å². The van der Waals surface area contributed by atoms with Crippen molar-refractivity contribution >= 4 is 17.4 Å². The minimum Gasteiger partial charge on any atom is -0.426 e. The number of hydrogen-bond donors (Lipinski definition) is 1. The Bertz CT molecular complexity index is 710. The van der Waals surface area contributed by atoms with Crippen LogP contribution in [0.15, 0.2) is 54.6 Å². The maximum absolute atomic E-state index is 10.7. The fraction of sp³-hybridized carbons (Fsp3) is 0.235. The summed E-state index contributed by atoms with van der Waals surface area (Å²) in [6.45, 7) is 2.81. The molecular formula is C17H18N4O3. The zero-order chi connectivity index (χ0) is 16.9. The summed E-state index contributed by atoms with van der Waals surface area (Å²) in [5.41, 5.74) is 1.05. The van der Waals surface area contributed by atoms with E-state index in [1.54, 1.807) is 12.1 Å². The number of piperazine rings is 1.